The van der Waals surface area contributed by atoms with E-state index in [1.165, 1.54) is 10.4 Å². The summed E-state index contributed by atoms with van der Waals surface area (Å²) in [5.41, 5.74) is 1.31. The molecule has 0 bridgehead atoms. The number of rotatable bonds is 5. The zero-order valence-corrected chi connectivity index (χ0v) is 11.2. The summed E-state index contributed by atoms with van der Waals surface area (Å²) in [6.07, 6.45) is 0. The van der Waals surface area contributed by atoms with Crippen LogP contribution in [0.15, 0.2) is 11.4 Å². The molecule has 1 amide bonds. The Labute approximate surface area is 101 Å². The zero-order valence-electron chi connectivity index (χ0n) is 10.4. The summed E-state index contributed by atoms with van der Waals surface area (Å²) in [5, 5.41) is 7.88. The molecule has 1 aromatic rings. The van der Waals surface area contributed by atoms with Crippen LogP contribution >= 0.6 is 11.3 Å². The fraction of sp³-hybridized carbons (Fsp3) is 0.583. The molecule has 0 unspecified atom stereocenters. The Kier molecular flexibility index (Phi) is 4.50. The normalized spacial score (nSPS) is 11.5. The highest BCUT2D eigenvalue weighted by atomic mass is 32.1. The lowest BCUT2D eigenvalue weighted by molar-refractivity contribution is -0.120. The van der Waals surface area contributed by atoms with Crippen molar-refractivity contribution in [1.29, 1.82) is 0 Å². The topological polar surface area (TPSA) is 41.1 Å². The molecule has 0 saturated heterocycles. The molecule has 2 N–H and O–H groups in total. The van der Waals surface area contributed by atoms with Gasteiger partial charge in [0, 0.05) is 16.8 Å². The van der Waals surface area contributed by atoms with Gasteiger partial charge in [-0.1, -0.05) is 13.8 Å². The maximum atomic E-state index is 11.4. The molecule has 0 aliphatic rings. The van der Waals surface area contributed by atoms with Crippen LogP contribution in [-0.2, 0) is 10.2 Å². The first-order chi connectivity index (χ1) is 7.47. The fourth-order valence-electron chi connectivity index (χ4n) is 1.69. The van der Waals surface area contributed by atoms with Gasteiger partial charge in [-0.2, -0.15) is 0 Å². The minimum atomic E-state index is 0.00164. The Hall–Kier alpha value is -0.870. The smallest absolute Gasteiger partial charge is 0.233 e. The first-order valence-electron chi connectivity index (χ1n) is 5.43. The van der Waals surface area contributed by atoms with Gasteiger partial charge < -0.3 is 10.6 Å². The van der Waals surface area contributed by atoms with E-state index in [2.05, 4.69) is 42.9 Å². The Morgan fingerprint density at radius 2 is 2.19 bits per heavy atom. The van der Waals surface area contributed by atoms with E-state index >= 15 is 0 Å². The van der Waals surface area contributed by atoms with Gasteiger partial charge in [0.15, 0.2) is 0 Å². The first-order valence-corrected chi connectivity index (χ1v) is 6.31. The van der Waals surface area contributed by atoms with Crippen molar-refractivity contribution in [2.45, 2.75) is 26.2 Å². The summed E-state index contributed by atoms with van der Waals surface area (Å²) in [5.74, 6) is 0.0461. The highest BCUT2D eigenvalue weighted by Gasteiger charge is 2.24. The molecule has 3 nitrogen and oxygen atoms in total. The van der Waals surface area contributed by atoms with Gasteiger partial charge in [-0.05, 0) is 31.0 Å². The number of hydrogen-bond donors (Lipinski definition) is 2. The van der Waals surface area contributed by atoms with Crippen LogP contribution in [0.1, 0.15) is 24.3 Å². The maximum absolute atomic E-state index is 11.4. The largest absolute Gasteiger partial charge is 0.354 e. The molecule has 0 aromatic carbocycles. The number of hydrogen-bond acceptors (Lipinski definition) is 3. The lowest BCUT2D eigenvalue weighted by Gasteiger charge is -2.25. The van der Waals surface area contributed by atoms with Crippen molar-refractivity contribution >= 4 is 17.2 Å². The van der Waals surface area contributed by atoms with Crippen LogP contribution in [0, 0.1) is 6.92 Å². The van der Waals surface area contributed by atoms with Crippen LogP contribution in [0.4, 0.5) is 0 Å². The summed E-state index contributed by atoms with van der Waals surface area (Å²) in [6.45, 7) is 7.48. The van der Waals surface area contributed by atoms with Crippen LogP contribution < -0.4 is 10.6 Å². The van der Waals surface area contributed by atoms with Gasteiger partial charge in [0.1, 0.15) is 0 Å². The van der Waals surface area contributed by atoms with Crippen molar-refractivity contribution in [3.63, 3.8) is 0 Å². The third kappa shape index (κ3) is 3.32. The van der Waals surface area contributed by atoms with Gasteiger partial charge >= 0.3 is 0 Å². The zero-order chi connectivity index (χ0) is 12.2. The molecule has 0 spiro atoms. The second-order valence-electron chi connectivity index (χ2n) is 4.62. The van der Waals surface area contributed by atoms with Crippen molar-refractivity contribution in [2.24, 2.45) is 0 Å². The van der Waals surface area contributed by atoms with Crippen molar-refractivity contribution in [1.82, 2.24) is 10.6 Å². The molecule has 0 aliphatic heterocycles. The van der Waals surface area contributed by atoms with E-state index in [4.69, 9.17) is 0 Å². The quantitative estimate of drug-likeness (QED) is 0.822. The van der Waals surface area contributed by atoms with Crippen LogP contribution in [0.2, 0.25) is 0 Å². The number of carbonyl (C=O) groups excluding carboxylic acids is 1. The summed E-state index contributed by atoms with van der Waals surface area (Å²) < 4.78 is 0. The second-order valence-corrected chi connectivity index (χ2v) is 5.54. The average molecular weight is 240 g/mol. The van der Waals surface area contributed by atoms with E-state index in [9.17, 15) is 4.79 Å². The van der Waals surface area contributed by atoms with Gasteiger partial charge in [-0.3, -0.25) is 4.79 Å². The highest BCUT2D eigenvalue weighted by molar-refractivity contribution is 7.10. The van der Waals surface area contributed by atoms with Crippen molar-refractivity contribution < 1.29 is 4.79 Å². The molecule has 1 heterocycles. The number of likely N-dealkylation sites (N-methyl/N-ethyl adjacent to an activating group) is 1. The van der Waals surface area contributed by atoms with Crippen molar-refractivity contribution in [3.05, 3.63) is 21.9 Å². The Balaban J connectivity index is 2.59. The van der Waals surface area contributed by atoms with Crippen LogP contribution in [0.25, 0.3) is 0 Å². The number of amides is 1. The first kappa shape index (κ1) is 13.2. The van der Waals surface area contributed by atoms with E-state index in [0.717, 1.165) is 0 Å². The number of nitrogens with one attached hydrogen (secondary N) is 2. The number of thiophene rings is 1. The summed E-state index contributed by atoms with van der Waals surface area (Å²) in [6, 6.07) is 2.12. The minimum absolute atomic E-state index is 0.00164. The van der Waals surface area contributed by atoms with E-state index in [1.54, 1.807) is 18.4 Å². The van der Waals surface area contributed by atoms with E-state index in [0.29, 0.717) is 13.1 Å². The lowest BCUT2D eigenvalue weighted by atomic mass is 9.89. The summed E-state index contributed by atoms with van der Waals surface area (Å²) in [7, 11) is 1.77. The highest BCUT2D eigenvalue weighted by Crippen LogP contribution is 2.30. The van der Waals surface area contributed by atoms with Gasteiger partial charge in [-0.25, -0.2) is 0 Å². The Morgan fingerprint density at radius 3 is 2.69 bits per heavy atom. The standard InChI is InChI=1S/C12H20N2OS/c1-9-5-6-16-11(9)12(2,3)8-14-10(15)7-13-4/h5-6,13H,7-8H2,1-4H3,(H,14,15). The molecule has 1 rings (SSSR count). The summed E-state index contributed by atoms with van der Waals surface area (Å²) >= 11 is 1.75. The Morgan fingerprint density at radius 1 is 1.50 bits per heavy atom. The van der Waals surface area contributed by atoms with E-state index in [-0.39, 0.29) is 11.3 Å². The predicted molar refractivity (Wildman–Crippen MR) is 69.0 cm³/mol. The molecule has 4 heteroatoms. The molecule has 90 valence electrons. The second kappa shape index (κ2) is 5.46. The monoisotopic (exact) mass is 240 g/mol. The van der Waals surface area contributed by atoms with Crippen LogP contribution in [0.3, 0.4) is 0 Å². The Bertz CT molecular complexity index is 358. The van der Waals surface area contributed by atoms with Crippen molar-refractivity contribution in [2.75, 3.05) is 20.1 Å². The molecule has 1 aromatic heterocycles. The SMILES string of the molecule is CNCC(=O)NCC(C)(C)c1sccc1C. The molecular formula is C12H20N2OS. The lowest BCUT2D eigenvalue weighted by Crippen LogP contribution is -2.40. The van der Waals surface area contributed by atoms with Gasteiger partial charge in [-0.15, -0.1) is 11.3 Å². The molecule has 0 saturated carbocycles. The van der Waals surface area contributed by atoms with Crippen molar-refractivity contribution in [3.8, 4) is 0 Å². The van der Waals surface area contributed by atoms with E-state index < -0.39 is 0 Å². The molecule has 0 aliphatic carbocycles. The molecule has 0 radical (unpaired) electrons. The third-order valence-electron chi connectivity index (χ3n) is 2.54. The van der Waals surface area contributed by atoms with Gasteiger partial charge in [0.25, 0.3) is 0 Å². The van der Waals surface area contributed by atoms with Gasteiger partial charge in [0.2, 0.25) is 5.91 Å². The molecule has 16 heavy (non-hydrogen) atoms. The minimum Gasteiger partial charge on any atom is -0.354 e. The predicted octanol–water partition coefficient (Wildman–Crippen LogP) is 1.67. The maximum Gasteiger partial charge on any atom is 0.233 e. The molecule has 0 fully saturated rings. The van der Waals surface area contributed by atoms with Gasteiger partial charge in [0.05, 0.1) is 6.54 Å². The third-order valence-corrected chi connectivity index (χ3v) is 3.92. The number of carbonyl (C=O) groups is 1. The van der Waals surface area contributed by atoms with Crippen LogP contribution in [-0.4, -0.2) is 26.0 Å². The number of aryl methyl sites for hydroxylation is 1. The molecule has 0 atom stereocenters. The molecular weight excluding hydrogens is 220 g/mol. The summed E-state index contributed by atoms with van der Waals surface area (Å²) in [4.78, 5) is 12.7. The average Bonchev–Trinajstić information content (AvgIpc) is 2.63. The van der Waals surface area contributed by atoms with E-state index in [1.807, 2.05) is 0 Å². The fourth-order valence-corrected chi connectivity index (χ4v) is 2.74. The van der Waals surface area contributed by atoms with Crippen LogP contribution in [0.5, 0.6) is 0 Å².